The fraction of sp³-hybridized carbons (Fsp3) is 0.526. The van der Waals surface area contributed by atoms with Crippen molar-refractivity contribution >= 4 is 22.2 Å². The minimum atomic E-state index is 0.0290. The van der Waals surface area contributed by atoms with Crippen LogP contribution in [0, 0.1) is 0 Å². The van der Waals surface area contributed by atoms with Gasteiger partial charge < -0.3 is 14.4 Å². The Morgan fingerprint density at radius 3 is 3.07 bits per heavy atom. The first-order valence-corrected chi connectivity index (χ1v) is 10.4. The van der Waals surface area contributed by atoms with Crippen molar-refractivity contribution in [3.63, 3.8) is 0 Å². The molecule has 4 heterocycles. The van der Waals surface area contributed by atoms with Crippen molar-refractivity contribution in [2.45, 2.75) is 31.7 Å². The van der Waals surface area contributed by atoms with Gasteiger partial charge in [0, 0.05) is 55.7 Å². The molecule has 0 saturated carbocycles. The van der Waals surface area contributed by atoms with Crippen LogP contribution in [-0.2, 0) is 6.54 Å². The molecule has 1 aliphatic rings. The minimum Gasteiger partial charge on any atom is -0.337 e. The van der Waals surface area contributed by atoms with Gasteiger partial charge in [-0.05, 0) is 39.9 Å². The van der Waals surface area contributed by atoms with Gasteiger partial charge in [-0.25, -0.2) is 9.97 Å². The van der Waals surface area contributed by atoms with Crippen LogP contribution in [0.15, 0.2) is 30.2 Å². The summed E-state index contributed by atoms with van der Waals surface area (Å²) in [6.07, 6.45) is 10.9. The van der Waals surface area contributed by atoms with E-state index in [1.54, 1.807) is 11.3 Å². The van der Waals surface area contributed by atoms with Crippen LogP contribution in [-0.4, -0.2) is 68.4 Å². The number of rotatable bonds is 6. The molecule has 0 aromatic carbocycles. The molecule has 1 aliphatic heterocycles. The number of fused-ring (bicyclic) bond motifs is 1. The lowest BCUT2D eigenvalue weighted by Crippen LogP contribution is -2.40. The number of aryl methyl sites for hydroxylation is 1. The molecule has 7 nitrogen and oxygen atoms in total. The van der Waals surface area contributed by atoms with Gasteiger partial charge in [0.25, 0.3) is 5.91 Å². The monoisotopic (exact) mass is 386 g/mol. The predicted molar refractivity (Wildman–Crippen MR) is 106 cm³/mol. The van der Waals surface area contributed by atoms with Gasteiger partial charge in [-0.2, -0.15) is 0 Å². The molecular formula is C19H26N6OS. The molecule has 1 atom stereocenters. The van der Waals surface area contributed by atoms with Crippen LogP contribution in [0.25, 0.3) is 4.96 Å². The molecule has 4 rings (SSSR count). The standard InChI is InChI=1S/C19H26N6OS/c1-22(2)7-4-9-23-10-6-20-17(23)15-5-3-8-24(13-15)18(26)16-14-25-11-12-27-19(25)21-16/h6,10-12,14-15H,3-5,7-9,13H2,1-2H3. The Morgan fingerprint density at radius 2 is 2.26 bits per heavy atom. The molecule has 3 aromatic rings. The Morgan fingerprint density at radius 1 is 1.37 bits per heavy atom. The first-order valence-electron chi connectivity index (χ1n) is 9.49. The van der Waals surface area contributed by atoms with E-state index in [2.05, 4.69) is 39.7 Å². The number of carbonyl (C=O) groups is 1. The Hall–Kier alpha value is -2.19. The van der Waals surface area contributed by atoms with Crippen molar-refractivity contribution in [2.24, 2.45) is 0 Å². The van der Waals surface area contributed by atoms with Crippen molar-refractivity contribution in [1.82, 2.24) is 28.7 Å². The summed E-state index contributed by atoms with van der Waals surface area (Å²) in [7, 11) is 4.19. The number of hydrogen-bond donors (Lipinski definition) is 0. The molecule has 0 radical (unpaired) electrons. The Balaban J connectivity index is 1.44. The van der Waals surface area contributed by atoms with Crippen molar-refractivity contribution < 1.29 is 4.79 Å². The normalized spacial score (nSPS) is 17.9. The van der Waals surface area contributed by atoms with E-state index in [4.69, 9.17) is 0 Å². The zero-order valence-electron chi connectivity index (χ0n) is 15.9. The highest BCUT2D eigenvalue weighted by Gasteiger charge is 2.29. The maximum atomic E-state index is 12.9. The van der Waals surface area contributed by atoms with Crippen LogP contribution in [0.5, 0.6) is 0 Å². The number of aromatic nitrogens is 4. The SMILES string of the molecule is CN(C)CCCn1ccnc1C1CCCN(C(=O)c2cn3ccsc3n2)C1. The zero-order chi connectivity index (χ0) is 18.8. The maximum Gasteiger partial charge on any atom is 0.274 e. The quantitative estimate of drug-likeness (QED) is 0.653. The van der Waals surface area contributed by atoms with Gasteiger partial charge in [-0.15, -0.1) is 11.3 Å². The van der Waals surface area contributed by atoms with E-state index in [1.807, 2.05) is 33.3 Å². The number of imidazole rings is 2. The summed E-state index contributed by atoms with van der Waals surface area (Å²) < 4.78 is 4.17. The first kappa shape index (κ1) is 18.2. The third-order valence-electron chi connectivity index (χ3n) is 5.14. The van der Waals surface area contributed by atoms with Crippen molar-refractivity contribution in [3.8, 4) is 0 Å². The third kappa shape index (κ3) is 3.91. The van der Waals surface area contributed by atoms with Crippen LogP contribution in [0.2, 0.25) is 0 Å². The zero-order valence-corrected chi connectivity index (χ0v) is 16.7. The Bertz CT molecular complexity index is 882. The van der Waals surface area contributed by atoms with Gasteiger partial charge in [-0.1, -0.05) is 0 Å². The van der Waals surface area contributed by atoms with Gasteiger partial charge in [0.15, 0.2) is 4.96 Å². The van der Waals surface area contributed by atoms with Crippen LogP contribution in [0.4, 0.5) is 0 Å². The first-order chi connectivity index (χ1) is 13.1. The van der Waals surface area contributed by atoms with Crippen LogP contribution in [0.1, 0.15) is 41.5 Å². The molecule has 27 heavy (non-hydrogen) atoms. The molecule has 0 aliphatic carbocycles. The number of nitrogens with zero attached hydrogens (tertiary/aromatic N) is 6. The molecule has 8 heteroatoms. The summed E-state index contributed by atoms with van der Waals surface area (Å²) >= 11 is 1.55. The number of thiazole rings is 1. The second kappa shape index (κ2) is 7.82. The lowest BCUT2D eigenvalue weighted by Gasteiger charge is -2.32. The largest absolute Gasteiger partial charge is 0.337 e. The summed E-state index contributed by atoms with van der Waals surface area (Å²) in [5, 5.41) is 1.98. The number of amides is 1. The fourth-order valence-electron chi connectivity index (χ4n) is 3.79. The van der Waals surface area contributed by atoms with Crippen molar-refractivity contribution in [1.29, 1.82) is 0 Å². The molecule has 0 bridgehead atoms. The summed E-state index contributed by atoms with van der Waals surface area (Å²) in [5.74, 6) is 1.43. The molecule has 0 spiro atoms. The number of hydrogen-bond acceptors (Lipinski definition) is 5. The summed E-state index contributed by atoms with van der Waals surface area (Å²) in [6.45, 7) is 3.54. The van der Waals surface area contributed by atoms with Gasteiger partial charge >= 0.3 is 0 Å². The molecular weight excluding hydrogens is 360 g/mol. The van der Waals surface area contributed by atoms with Gasteiger partial charge in [-0.3, -0.25) is 9.20 Å². The highest BCUT2D eigenvalue weighted by molar-refractivity contribution is 7.15. The highest BCUT2D eigenvalue weighted by Crippen LogP contribution is 2.27. The van der Waals surface area contributed by atoms with Gasteiger partial charge in [0.05, 0.1) is 0 Å². The lowest BCUT2D eigenvalue weighted by atomic mass is 9.96. The van der Waals surface area contributed by atoms with E-state index in [0.717, 1.165) is 49.7 Å². The third-order valence-corrected chi connectivity index (χ3v) is 5.91. The average Bonchev–Trinajstić information content (AvgIpc) is 3.36. The van der Waals surface area contributed by atoms with E-state index in [0.29, 0.717) is 18.2 Å². The van der Waals surface area contributed by atoms with E-state index in [-0.39, 0.29) is 5.91 Å². The van der Waals surface area contributed by atoms with Crippen molar-refractivity contribution in [3.05, 3.63) is 41.7 Å². The van der Waals surface area contributed by atoms with Crippen LogP contribution >= 0.6 is 11.3 Å². The Kier molecular flexibility index (Phi) is 5.27. The molecule has 1 saturated heterocycles. The fourth-order valence-corrected chi connectivity index (χ4v) is 4.49. The highest BCUT2D eigenvalue weighted by atomic mass is 32.1. The van der Waals surface area contributed by atoms with Crippen molar-refractivity contribution in [2.75, 3.05) is 33.7 Å². The second-order valence-corrected chi connectivity index (χ2v) is 8.32. The minimum absolute atomic E-state index is 0.0290. The van der Waals surface area contributed by atoms with Gasteiger partial charge in [0.2, 0.25) is 0 Å². The van der Waals surface area contributed by atoms with E-state index in [1.165, 1.54) is 0 Å². The van der Waals surface area contributed by atoms with Crippen LogP contribution in [0.3, 0.4) is 0 Å². The summed E-state index contributed by atoms with van der Waals surface area (Å²) in [4.78, 5) is 27.0. The molecule has 144 valence electrons. The predicted octanol–water partition coefficient (Wildman–Crippen LogP) is 2.56. The average molecular weight is 387 g/mol. The maximum absolute atomic E-state index is 12.9. The number of piperidine rings is 1. The lowest BCUT2D eigenvalue weighted by molar-refractivity contribution is 0.0698. The van der Waals surface area contributed by atoms with Gasteiger partial charge in [0.1, 0.15) is 11.5 Å². The smallest absolute Gasteiger partial charge is 0.274 e. The topological polar surface area (TPSA) is 58.7 Å². The van der Waals surface area contributed by atoms with E-state index >= 15 is 0 Å². The molecule has 0 N–H and O–H groups in total. The van der Waals surface area contributed by atoms with E-state index < -0.39 is 0 Å². The van der Waals surface area contributed by atoms with Crippen LogP contribution < -0.4 is 0 Å². The number of likely N-dealkylation sites (tertiary alicyclic amines) is 1. The second-order valence-electron chi connectivity index (χ2n) is 7.44. The molecule has 1 fully saturated rings. The number of carbonyl (C=O) groups excluding carboxylic acids is 1. The summed E-state index contributed by atoms with van der Waals surface area (Å²) in [5.41, 5.74) is 0.539. The Labute approximate surface area is 163 Å². The summed E-state index contributed by atoms with van der Waals surface area (Å²) in [6, 6.07) is 0. The van der Waals surface area contributed by atoms with E-state index in [9.17, 15) is 4.79 Å². The molecule has 1 amide bonds. The molecule has 1 unspecified atom stereocenters. The molecule has 3 aromatic heterocycles.